The Kier molecular flexibility index (Phi) is 3.79. The molecule has 0 aromatic carbocycles. The van der Waals surface area contributed by atoms with Crippen molar-refractivity contribution in [3.63, 3.8) is 0 Å². The summed E-state index contributed by atoms with van der Waals surface area (Å²) in [5.74, 6) is 0.214. The van der Waals surface area contributed by atoms with Gasteiger partial charge >= 0.3 is 5.82 Å². The molecule has 19 heavy (non-hydrogen) atoms. The number of amides is 1. The summed E-state index contributed by atoms with van der Waals surface area (Å²) in [6.07, 6.45) is 1.31. The van der Waals surface area contributed by atoms with Gasteiger partial charge in [-0.2, -0.15) is 0 Å². The zero-order valence-electron chi connectivity index (χ0n) is 11.0. The van der Waals surface area contributed by atoms with Crippen LogP contribution in [0, 0.1) is 17.0 Å². The molecule has 0 aliphatic carbocycles. The van der Waals surface area contributed by atoms with Crippen molar-refractivity contribution >= 4 is 11.7 Å². The molecule has 1 aromatic heterocycles. The van der Waals surface area contributed by atoms with E-state index in [0.29, 0.717) is 12.4 Å². The van der Waals surface area contributed by atoms with Gasteiger partial charge in [0.15, 0.2) is 0 Å². The van der Waals surface area contributed by atoms with Crippen molar-refractivity contribution < 1.29 is 9.72 Å². The fourth-order valence-corrected chi connectivity index (χ4v) is 2.19. The van der Waals surface area contributed by atoms with Crippen LogP contribution in [0.25, 0.3) is 0 Å². The molecule has 1 aliphatic rings. The molecule has 0 spiro atoms. The lowest BCUT2D eigenvalue weighted by atomic mass is 10.2. The van der Waals surface area contributed by atoms with Crippen LogP contribution in [-0.2, 0) is 11.3 Å². The Hall–Kier alpha value is -1.96. The van der Waals surface area contributed by atoms with E-state index in [4.69, 9.17) is 0 Å². The van der Waals surface area contributed by atoms with Crippen molar-refractivity contribution in [2.24, 2.45) is 0 Å². The summed E-state index contributed by atoms with van der Waals surface area (Å²) in [5, 5.41) is 13.8. The number of nitrogens with one attached hydrogen (secondary N) is 1. The molecule has 1 N–H and O–H groups in total. The molecule has 1 fully saturated rings. The van der Waals surface area contributed by atoms with E-state index in [1.165, 1.54) is 10.8 Å². The second-order valence-corrected chi connectivity index (χ2v) is 4.67. The Morgan fingerprint density at radius 2 is 2.42 bits per heavy atom. The smallest absolute Gasteiger partial charge is 0.358 e. The summed E-state index contributed by atoms with van der Waals surface area (Å²) >= 11 is 0. The Bertz CT molecular complexity index is 499. The number of nitro groups is 1. The third-order valence-corrected chi connectivity index (χ3v) is 3.28. The minimum atomic E-state index is -0.554. The normalized spacial score (nSPS) is 19.5. The van der Waals surface area contributed by atoms with Gasteiger partial charge in [-0.25, -0.2) is 0 Å². The first-order chi connectivity index (χ1) is 8.99. The second-order valence-electron chi connectivity index (χ2n) is 4.67. The summed E-state index contributed by atoms with van der Waals surface area (Å²) in [6.45, 7) is 5.94. The van der Waals surface area contributed by atoms with Gasteiger partial charge in [-0.1, -0.05) is 0 Å². The number of aromatic nitrogens is 2. The van der Waals surface area contributed by atoms with Crippen LogP contribution in [-0.4, -0.2) is 51.0 Å². The molecule has 1 atom stereocenters. The average molecular weight is 267 g/mol. The third-order valence-electron chi connectivity index (χ3n) is 3.28. The number of carbonyl (C=O) groups is 1. The maximum absolute atomic E-state index is 12.2. The van der Waals surface area contributed by atoms with Gasteiger partial charge < -0.3 is 20.3 Å². The molecule has 104 valence electrons. The number of aryl methyl sites for hydroxylation is 1. The lowest BCUT2D eigenvalue weighted by molar-refractivity contribution is -0.389. The SMILES string of the molecule is Cc1nc([N+](=O)[O-])cn1CC(=O)N1CCNCC1C. The van der Waals surface area contributed by atoms with Crippen LogP contribution in [0.4, 0.5) is 5.82 Å². The van der Waals surface area contributed by atoms with Crippen LogP contribution in [0.1, 0.15) is 12.7 Å². The van der Waals surface area contributed by atoms with E-state index in [1.807, 2.05) is 6.92 Å². The van der Waals surface area contributed by atoms with Gasteiger partial charge in [0.1, 0.15) is 12.7 Å². The number of nitrogens with zero attached hydrogens (tertiary/aromatic N) is 4. The molecule has 1 aliphatic heterocycles. The molecule has 0 bridgehead atoms. The highest BCUT2D eigenvalue weighted by molar-refractivity contribution is 5.76. The minimum Gasteiger partial charge on any atom is -0.358 e. The quantitative estimate of drug-likeness (QED) is 0.610. The Morgan fingerprint density at radius 3 is 3.00 bits per heavy atom. The lowest BCUT2D eigenvalue weighted by Gasteiger charge is -2.34. The fourth-order valence-electron chi connectivity index (χ4n) is 2.19. The highest BCUT2D eigenvalue weighted by Crippen LogP contribution is 2.11. The average Bonchev–Trinajstić information content (AvgIpc) is 2.71. The fraction of sp³-hybridized carbons (Fsp3) is 0.636. The minimum absolute atomic E-state index is 0.0376. The summed E-state index contributed by atoms with van der Waals surface area (Å²) in [6, 6.07) is 0.139. The maximum atomic E-state index is 12.2. The van der Waals surface area contributed by atoms with Gasteiger partial charge in [-0.3, -0.25) is 9.36 Å². The molecule has 8 heteroatoms. The summed E-state index contributed by atoms with van der Waals surface area (Å²) in [4.78, 5) is 27.9. The molecule has 0 radical (unpaired) electrons. The molecular weight excluding hydrogens is 250 g/mol. The molecule has 0 saturated carbocycles. The van der Waals surface area contributed by atoms with Crippen molar-refractivity contribution in [2.75, 3.05) is 19.6 Å². The van der Waals surface area contributed by atoms with Gasteiger partial charge in [0.2, 0.25) is 11.7 Å². The first-order valence-electron chi connectivity index (χ1n) is 6.17. The van der Waals surface area contributed by atoms with Gasteiger partial charge in [0, 0.05) is 32.6 Å². The molecule has 8 nitrogen and oxygen atoms in total. The number of hydrogen-bond donors (Lipinski definition) is 1. The Morgan fingerprint density at radius 1 is 1.68 bits per heavy atom. The van der Waals surface area contributed by atoms with E-state index in [-0.39, 0.29) is 24.3 Å². The third kappa shape index (κ3) is 2.90. The van der Waals surface area contributed by atoms with Gasteiger partial charge in [-0.05, 0) is 16.8 Å². The number of carbonyl (C=O) groups excluding carboxylic acids is 1. The van der Waals surface area contributed by atoms with E-state index in [0.717, 1.165) is 13.1 Å². The predicted molar refractivity (Wildman–Crippen MR) is 67.7 cm³/mol. The monoisotopic (exact) mass is 267 g/mol. The summed E-state index contributed by atoms with van der Waals surface area (Å²) in [7, 11) is 0. The van der Waals surface area contributed by atoms with Crippen LogP contribution in [0.15, 0.2) is 6.20 Å². The Labute approximate surface area is 110 Å². The summed E-state index contributed by atoms with van der Waals surface area (Å²) in [5.41, 5.74) is 0. The van der Waals surface area contributed by atoms with Crippen LogP contribution >= 0.6 is 0 Å². The van der Waals surface area contributed by atoms with E-state index in [2.05, 4.69) is 10.3 Å². The number of imidazole rings is 1. The van der Waals surface area contributed by atoms with Crippen LogP contribution in [0.5, 0.6) is 0 Å². The molecule has 2 heterocycles. The van der Waals surface area contributed by atoms with Crippen molar-refractivity contribution in [2.45, 2.75) is 26.4 Å². The van der Waals surface area contributed by atoms with E-state index < -0.39 is 4.92 Å². The van der Waals surface area contributed by atoms with Gasteiger partial charge in [-0.15, -0.1) is 0 Å². The molecule has 1 aromatic rings. The molecule has 2 rings (SSSR count). The molecular formula is C11H17N5O3. The van der Waals surface area contributed by atoms with E-state index in [9.17, 15) is 14.9 Å². The first-order valence-corrected chi connectivity index (χ1v) is 6.17. The number of rotatable bonds is 3. The molecule has 1 amide bonds. The highest BCUT2D eigenvalue weighted by Gasteiger charge is 2.24. The second kappa shape index (κ2) is 5.35. The molecule has 1 unspecified atom stereocenters. The van der Waals surface area contributed by atoms with E-state index in [1.54, 1.807) is 11.8 Å². The van der Waals surface area contributed by atoms with E-state index >= 15 is 0 Å². The highest BCUT2D eigenvalue weighted by atomic mass is 16.6. The van der Waals surface area contributed by atoms with Crippen molar-refractivity contribution in [3.05, 3.63) is 22.1 Å². The van der Waals surface area contributed by atoms with Crippen LogP contribution in [0.3, 0.4) is 0 Å². The number of piperazine rings is 1. The number of hydrogen-bond acceptors (Lipinski definition) is 5. The van der Waals surface area contributed by atoms with Gasteiger partial charge in [0.05, 0.1) is 0 Å². The topological polar surface area (TPSA) is 93.3 Å². The zero-order valence-corrected chi connectivity index (χ0v) is 11.0. The maximum Gasteiger partial charge on any atom is 0.381 e. The predicted octanol–water partition coefficient (Wildman–Crippen LogP) is -0.0800. The lowest BCUT2D eigenvalue weighted by Crippen LogP contribution is -2.53. The standard InChI is InChI=1S/C11H17N5O3/c1-8-5-12-3-4-15(8)11(17)7-14-6-10(16(18)19)13-9(14)2/h6,8,12H,3-5,7H2,1-2H3. The van der Waals surface area contributed by atoms with Crippen LogP contribution < -0.4 is 5.32 Å². The largest absolute Gasteiger partial charge is 0.381 e. The van der Waals surface area contributed by atoms with Crippen molar-refractivity contribution in [1.29, 1.82) is 0 Å². The van der Waals surface area contributed by atoms with Crippen molar-refractivity contribution in [1.82, 2.24) is 19.8 Å². The first kappa shape index (κ1) is 13.5. The van der Waals surface area contributed by atoms with Crippen molar-refractivity contribution in [3.8, 4) is 0 Å². The zero-order chi connectivity index (χ0) is 14.0. The molecule has 1 saturated heterocycles. The summed E-state index contributed by atoms with van der Waals surface area (Å²) < 4.78 is 1.52. The van der Waals surface area contributed by atoms with Gasteiger partial charge in [0.25, 0.3) is 0 Å². The Balaban J connectivity index is 2.08. The van der Waals surface area contributed by atoms with Crippen LogP contribution in [0.2, 0.25) is 0 Å².